The van der Waals surface area contributed by atoms with Gasteiger partial charge in [-0.25, -0.2) is 0 Å². The Kier molecular flexibility index (Phi) is 2.85. The van der Waals surface area contributed by atoms with Crippen LogP contribution in [-0.4, -0.2) is 25.0 Å². The van der Waals surface area contributed by atoms with Crippen molar-refractivity contribution in [3.05, 3.63) is 29.8 Å². The van der Waals surface area contributed by atoms with E-state index in [0.29, 0.717) is 6.54 Å². The van der Waals surface area contributed by atoms with Crippen LogP contribution >= 0.6 is 0 Å². The third-order valence-corrected chi connectivity index (χ3v) is 3.66. The molecule has 2 aliphatic rings. The topological polar surface area (TPSA) is 36.9 Å². The highest BCUT2D eigenvalue weighted by Gasteiger charge is 2.28. The molecule has 0 atom stereocenters. The van der Waals surface area contributed by atoms with Crippen molar-refractivity contribution in [1.82, 2.24) is 0 Å². The summed E-state index contributed by atoms with van der Waals surface area (Å²) in [7, 11) is 0. The van der Waals surface area contributed by atoms with Gasteiger partial charge in [0.2, 0.25) is 0 Å². The molecule has 0 aromatic heterocycles. The molecule has 1 amide bonds. The van der Waals surface area contributed by atoms with Crippen molar-refractivity contribution in [2.45, 2.75) is 31.7 Å². The molecule has 1 aromatic rings. The van der Waals surface area contributed by atoms with Gasteiger partial charge in [0, 0.05) is 25.1 Å². The highest BCUT2D eigenvalue weighted by molar-refractivity contribution is 5.95. The zero-order valence-electron chi connectivity index (χ0n) is 10.1. The van der Waals surface area contributed by atoms with Gasteiger partial charge < -0.3 is 10.2 Å². The molecule has 0 saturated heterocycles. The van der Waals surface area contributed by atoms with Gasteiger partial charge >= 0.3 is 0 Å². The van der Waals surface area contributed by atoms with Crippen LogP contribution in [0.5, 0.6) is 0 Å². The summed E-state index contributed by atoms with van der Waals surface area (Å²) in [5.41, 5.74) is 2.45. The molecule has 0 bridgehead atoms. The zero-order chi connectivity index (χ0) is 11.7. The number of amides is 1. The normalized spacial score (nSPS) is 18.9. The van der Waals surface area contributed by atoms with E-state index in [4.69, 9.17) is 0 Å². The summed E-state index contributed by atoms with van der Waals surface area (Å²) in [6.07, 6.45) is 4.76. The third kappa shape index (κ3) is 2.34. The van der Waals surface area contributed by atoms with Gasteiger partial charge in [-0.1, -0.05) is 18.2 Å². The van der Waals surface area contributed by atoms with Gasteiger partial charge in [0.1, 0.15) is 0 Å². The number of carbonyl (C=O) groups is 1. The smallest absolute Gasteiger partial charge is 0.282 e. The van der Waals surface area contributed by atoms with Gasteiger partial charge in [0.25, 0.3) is 5.91 Å². The number of aryl methyl sites for hydroxylation is 1. The minimum atomic E-state index is 0.268. The van der Waals surface area contributed by atoms with Crippen LogP contribution in [0.3, 0.4) is 0 Å². The van der Waals surface area contributed by atoms with Crippen molar-refractivity contribution in [2.75, 3.05) is 18.0 Å². The standard InChI is InChI=1S/C14H18N2O/c17-14(10-15-12-7-8-12)16-9-3-5-11-4-1-2-6-13(11)16/h1-2,4,6,12,15H,3,5,7-10H2/p+1. The predicted octanol–water partition coefficient (Wildman–Crippen LogP) is 0.692. The van der Waals surface area contributed by atoms with Gasteiger partial charge in [0.05, 0.1) is 6.04 Å². The minimum Gasteiger partial charge on any atom is -0.336 e. The first-order valence-electron chi connectivity index (χ1n) is 6.56. The van der Waals surface area contributed by atoms with Crippen LogP contribution in [0.25, 0.3) is 0 Å². The lowest BCUT2D eigenvalue weighted by Gasteiger charge is -2.28. The van der Waals surface area contributed by atoms with Gasteiger partial charge in [-0.2, -0.15) is 0 Å². The van der Waals surface area contributed by atoms with E-state index in [9.17, 15) is 4.79 Å². The lowest BCUT2D eigenvalue weighted by Crippen LogP contribution is -2.88. The van der Waals surface area contributed by atoms with Crippen molar-refractivity contribution >= 4 is 11.6 Å². The molecular weight excluding hydrogens is 212 g/mol. The Balaban J connectivity index is 1.72. The lowest BCUT2D eigenvalue weighted by atomic mass is 10.0. The first-order chi connectivity index (χ1) is 8.34. The van der Waals surface area contributed by atoms with Crippen LogP contribution in [0, 0.1) is 0 Å². The molecule has 3 nitrogen and oxygen atoms in total. The Morgan fingerprint density at radius 1 is 1.35 bits per heavy atom. The molecule has 2 N–H and O–H groups in total. The molecular formula is C14H19N2O+. The summed E-state index contributed by atoms with van der Waals surface area (Å²) >= 11 is 0. The van der Waals surface area contributed by atoms with Crippen molar-refractivity contribution in [3.63, 3.8) is 0 Å². The highest BCUT2D eigenvalue weighted by atomic mass is 16.2. The summed E-state index contributed by atoms with van der Waals surface area (Å²) < 4.78 is 0. The summed E-state index contributed by atoms with van der Waals surface area (Å²) in [5.74, 6) is 0.268. The van der Waals surface area contributed by atoms with Gasteiger partial charge in [-0.3, -0.25) is 4.79 Å². The summed E-state index contributed by atoms with van der Waals surface area (Å²) in [6, 6.07) is 9.01. The van der Waals surface area contributed by atoms with Crippen LogP contribution in [-0.2, 0) is 11.2 Å². The molecule has 3 heteroatoms. The van der Waals surface area contributed by atoms with Crippen LogP contribution in [0.4, 0.5) is 5.69 Å². The van der Waals surface area contributed by atoms with E-state index in [0.717, 1.165) is 31.1 Å². The molecule has 0 unspecified atom stereocenters. The Morgan fingerprint density at radius 2 is 2.18 bits per heavy atom. The first kappa shape index (κ1) is 10.8. The Labute approximate surface area is 102 Å². The molecule has 0 spiro atoms. The minimum absolute atomic E-state index is 0.268. The van der Waals surface area contributed by atoms with Crippen molar-refractivity contribution < 1.29 is 10.1 Å². The summed E-state index contributed by atoms with van der Waals surface area (Å²) in [5, 5.41) is 2.19. The fourth-order valence-corrected chi connectivity index (χ4v) is 2.50. The number of para-hydroxylation sites is 1. The number of anilines is 1. The van der Waals surface area contributed by atoms with E-state index >= 15 is 0 Å². The number of nitrogens with zero attached hydrogens (tertiary/aromatic N) is 1. The van der Waals surface area contributed by atoms with Crippen LogP contribution in [0.2, 0.25) is 0 Å². The molecule has 17 heavy (non-hydrogen) atoms. The molecule has 1 aromatic carbocycles. The Hall–Kier alpha value is -1.35. The van der Waals surface area contributed by atoms with Crippen LogP contribution < -0.4 is 10.2 Å². The van der Waals surface area contributed by atoms with E-state index in [2.05, 4.69) is 23.5 Å². The number of hydrogen-bond acceptors (Lipinski definition) is 1. The maximum atomic E-state index is 12.2. The molecule has 1 aliphatic carbocycles. The summed E-state index contributed by atoms with van der Waals surface area (Å²) in [6.45, 7) is 1.49. The molecule has 1 heterocycles. The second kappa shape index (κ2) is 4.49. The second-order valence-electron chi connectivity index (χ2n) is 5.05. The number of hydrogen-bond donors (Lipinski definition) is 1. The number of fused-ring (bicyclic) bond motifs is 1. The van der Waals surface area contributed by atoms with Gasteiger partial charge in [-0.05, 0) is 24.5 Å². The van der Waals surface area contributed by atoms with E-state index in [1.165, 1.54) is 18.4 Å². The Morgan fingerprint density at radius 3 is 3.00 bits per heavy atom. The molecule has 3 rings (SSSR count). The van der Waals surface area contributed by atoms with Crippen molar-refractivity contribution in [3.8, 4) is 0 Å². The maximum absolute atomic E-state index is 12.2. The van der Waals surface area contributed by atoms with Gasteiger partial charge in [0.15, 0.2) is 6.54 Å². The number of nitrogens with two attached hydrogens (primary N) is 1. The molecule has 1 saturated carbocycles. The number of benzene rings is 1. The fourth-order valence-electron chi connectivity index (χ4n) is 2.50. The van der Waals surface area contributed by atoms with Crippen LogP contribution in [0.15, 0.2) is 24.3 Å². The zero-order valence-corrected chi connectivity index (χ0v) is 10.1. The average molecular weight is 231 g/mol. The second-order valence-corrected chi connectivity index (χ2v) is 5.05. The van der Waals surface area contributed by atoms with Crippen molar-refractivity contribution in [1.29, 1.82) is 0 Å². The Bertz CT molecular complexity index is 426. The fraction of sp³-hybridized carbons (Fsp3) is 0.500. The lowest BCUT2D eigenvalue weighted by molar-refractivity contribution is -0.657. The first-order valence-corrected chi connectivity index (χ1v) is 6.56. The average Bonchev–Trinajstić information content (AvgIpc) is 3.19. The van der Waals surface area contributed by atoms with E-state index in [1.54, 1.807) is 0 Å². The molecule has 1 fully saturated rings. The SMILES string of the molecule is O=C(C[NH2+]C1CC1)N1CCCc2ccccc21. The molecule has 1 aliphatic heterocycles. The monoisotopic (exact) mass is 231 g/mol. The largest absolute Gasteiger partial charge is 0.336 e. The maximum Gasteiger partial charge on any atom is 0.282 e. The number of carbonyl (C=O) groups excluding carboxylic acids is 1. The quantitative estimate of drug-likeness (QED) is 0.816. The number of rotatable bonds is 3. The highest BCUT2D eigenvalue weighted by Crippen LogP contribution is 2.26. The van der Waals surface area contributed by atoms with E-state index in [-0.39, 0.29) is 5.91 Å². The number of quaternary nitrogens is 1. The molecule has 0 radical (unpaired) electrons. The molecule has 90 valence electrons. The third-order valence-electron chi connectivity index (χ3n) is 3.66. The summed E-state index contributed by atoms with van der Waals surface area (Å²) in [4.78, 5) is 14.2. The van der Waals surface area contributed by atoms with Gasteiger partial charge in [-0.15, -0.1) is 0 Å². The van der Waals surface area contributed by atoms with E-state index in [1.807, 2.05) is 11.0 Å². The van der Waals surface area contributed by atoms with Crippen molar-refractivity contribution in [2.24, 2.45) is 0 Å². The predicted molar refractivity (Wildman–Crippen MR) is 66.9 cm³/mol. The van der Waals surface area contributed by atoms with Crippen LogP contribution in [0.1, 0.15) is 24.8 Å². The van der Waals surface area contributed by atoms with E-state index < -0.39 is 0 Å².